The van der Waals surface area contributed by atoms with Crippen LogP contribution in [-0.2, 0) is 0 Å². The third-order valence-corrected chi connectivity index (χ3v) is 4.50. The molecule has 0 aliphatic carbocycles. The van der Waals surface area contributed by atoms with Crippen molar-refractivity contribution in [1.82, 2.24) is 4.57 Å². The van der Waals surface area contributed by atoms with Gasteiger partial charge in [0.05, 0.1) is 12.8 Å². The fourth-order valence-electron chi connectivity index (χ4n) is 2.39. The Bertz CT molecular complexity index is 835. The second kappa shape index (κ2) is 7.00. The summed E-state index contributed by atoms with van der Waals surface area (Å²) in [5.41, 5.74) is 4.34. The molecule has 0 N–H and O–H groups in total. The van der Waals surface area contributed by atoms with Crippen molar-refractivity contribution < 1.29 is 4.74 Å². The number of benzene rings is 2. The summed E-state index contributed by atoms with van der Waals surface area (Å²) in [7, 11) is 1.68. The smallest absolute Gasteiger partial charge is 0.119 e. The molecule has 0 unspecified atom stereocenters. The Morgan fingerprint density at radius 3 is 2.52 bits per heavy atom. The number of aliphatic imine (C=N–C) groups is 1. The number of nitrogens with zero attached hydrogens (tertiary/aromatic N) is 2. The minimum atomic E-state index is 0.860. The molecule has 116 valence electrons. The summed E-state index contributed by atoms with van der Waals surface area (Å²) in [6.45, 7) is 2.09. The van der Waals surface area contributed by atoms with E-state index < -0.39 is 0 Å². The number of rotatable bonds is 4. The van der Waals surface area contributed by atoms with Crippen LogP contribution in [0, 0.1) is 10.5 Å². The molecule has 0 aliphatic heterocycles. The molecule has 0 bridgehead atoms. The molecule has 0 aliphatic rings. The molecular weight excluding hydrogens is 399 g/mol. The van der Waals surface area contributed by atoms with Gasteiger partial charge in [-0.15, -0.1) is 0 Å². The topological polar surface area (TPSA) is 26.5 Å². The summed E-state index contributed by atoms with van der Waals surface area (Å²) in [5.74, 6) is 0.860. The molecular formula is C19H17IN2O. The van der Waals surface area contributed by atoms with E-state index in [4.69, 9.17) is 4.74 Å². The van der Waals surface area contributed by atoms with Gasteiger partial charge in [-0.05, 0) is 72.0 Å². The van der Waals surface area contributed by atoms with Gasteiger partial charge in [0.25, 0.3) is 0 Å². The summed E-state index contributed by atoms with van der Waals surface area (Å²) in [6, 6.07) is 18.3. The van der Waals surface area contributed by atoms with Crippen molar-refractivity contribution in [2.45, 2.75) is 6.92 Å². The predicted molar refractivity (Wildman–Crippen MR) is 103 cm³/mol. The lowest BCUT2D eigenvalue weighted by molar-refractivity contribution is 0.414. The lowest BCUT2D eigenvalue weighted by atomic mass is 10.3. The highest BCUT2D eigenvalue weighted by molar-refractivity contribution is 14.1. The Labute approximate surface area is 149 Å². The summed E-state index contributed by atoms with van der Waals surface area (Å²) in [6.07, 6.45) is 4.00. The maximum Gasteiger partial charge on any atom is 0.119 e. The van der Waals surface area contributed by atoms with Crippen molar-refractivity contribution in [3.63, 3.8) is 0 Å². The van der Waals surface area contributed by atoms with Gasteiger partial charge in [0.15, 0.2) is 0 Å². The van der Waals surface area contributed by atoms with Gasteiger partial charge < -0.3 is 9.30 Å². The summed E-state index contributed by atoms with van der Waals surface area (Å²) < 4.78 is 8.50. The Kier molecular flexibility index (Phi) is 4.81. The molecule has 3 nitrogen and oxygen atoms in total. The average molecular weight is 416 g/mol. The van der Waals surface area contributed by atoms with Crippen LogP contribution in [0.25, 0.3) is 5.69 Å². The minimum absolute atomic E-state index is 0.860. The van der Waals surface area contributed by atoms with Crippen LogP contribution in [0.4, 0.5) is 5.69 Å². The number of hydrogen-bond acceptors (Lipinski definition) is 2. The lowest BCUT2D eigenvalue weighted by Gasteiger charge is -2.06. The van der Waals surface area contributed by atoms with Gasteiger partial charge in [0.2, 0.25) is 0 Å². The van der Waals surface area contributed by atoms with E-state index in [9.17, 15) is 0 Å². The monoisotopic (exact) mass is 416 g/mol. The lowest BCUT2D eigenvalue weighted by Crippen LogP contribution is -1.94. The fourth-order valence-corrected chi connectivity index (χ4v) is 2.92. The van der Waals surface area contributed by atoms with Crippen molar-refractivity contribution in [1.29, 1.82) is 0 Å². The van der Waals surface area contributed by atoms with Gasteiger partial charge in [-0.3, -0.25) is 4.99 Å². The molecule has 1 aromatic heterocycles. The van der Waals surface area contributed by atoms with Crippen molar-refractivity contribution in [3.8, 4) is 11.4 Å². The van der Waals surface area contributed by atoms with E-state index in [1.54, 1.807) is 7.11 Å². The number of aryl methyl sites for hydroxylation is 1. The standard InChI is InChI=1S/C19H17IN2O/c1-14-11-15(12-21-19-6-4-3-5-18(19)20)13-22(14)16-7-9-17(23-2)10-8-16/h3-13H,1-2H3. The van der Waals surface area contributed by atoms with Crippen LogP contribution in [0.1, 0.15) is 11.3 Å². The number of aromatic nitrogens is 1. The van der Waals surface area contributed by atoms with Crippen molar-refractivity contribution >= 4 is 34.5 Å². The molecule has 1 heterocycles. The van der Waals surface area contributed by atoms with E-state index in [2.05, 4.69) is 57.4 Å². The quantitative estimate of drug-likeness (QED) is 0.427. The fraction of sp³-hybridized carbons (Fsp3) is 0.105. The highest BCUT2D eigenvalue weighted by Crippen LogP contribution is 2.21. The Balaban J connectivity index is 1.87. The van der Waals surface area contributed by atoms with Gasteiger partial charge >= 0.3 is 0 Å². The first-order valence-electron chi connectivity index (χ1n) is 7.29. The summed E-state index contributed by atoms with van der Waals surface area (Å²) in [5, 5.41) is 0. The largest absolute Gasteiger partial charge is 0.497 e. The van der Waals surface area contributed by atoms with Crippen LogP contribution in [0.2, 0.25) is 0 Å². The molecule has 0 fully saturated rings. The second-order valence-electron chi connectivity index (χ2n) is 5.19. The van der Waals surface area contributed by atoms with Crippen LogP contribution in [0.3, 0.4) is 0 Å². The average Bonchev–Trinajstić information content (AvgIpc) is 2.95. The van der Waals surface area contributed by atoms with Gasteiger partial charge in [0.1, 0.15) is 5.75 Å². The molecule has 0 amide bonds. The number of methoxy groups -OCH3 is 1. The Hall–Kier alpha value is -2.08. The van der Waals surface area contributed by atoms with Crippen LogP contribution >= 0.6 is 22.6 Å². The van der Waals surface area contributed by atoms with Gasteiger partial charge in [-0.1, -0.05) is 12.1 Å². The van der Waals surface area contributed by atoms with E-state index in [1.165, 1.54) is 5.69 Å². The SMILES string of the molecule is COc1ccc(-n2cc(C=Nc3ccccc3I)cc2C)cc1. The molecule has 2 aromatic carbocycles. The van der Waals surface area contributed by atoms with Crippen LogP contribution in [0.15, 0.2) is 65.8 Å². The van der Waals surface area contributed by atoms with E-state index in [-0.39, 0.29) is 0 Å². The van der Waals surface area contributed by atoms with E-state index in [1.807, 2.05) is 48.7 Å². The van der Waals surface area contributed by atoms with Gasteiger partial charge in [0, 0.05) is 32.9 Å². The summed E-state index contributed by atoms with van der Waals surface area (Å²) in [4.78, 5) is 4.59. The van der Waals surface area contributed by atoms with E-state index >= 15 is 0 Å². The molecule has 0 radical (unpaired) electrons. The number of para-hydroxylation sites is 1. The first-order chi connectivity index (χ1) is 11.2. The number of halogens is 1. The minimum Gasteiger partial charge on any atom is -0.497 e. The molecule has 0 spiro atoms. The van der Waals surface area contributed by atoms with Crippen molar-refractivity contribution in [2.75, 3.05) is 7.11 Å². The molecule has 4 heteroatoms. The zero-order valence-electron chi connectivity index (χ0n) is 13.0. The first kappa shape index (κ1) is 15.8. The van der Waals surface area contributed by atoms with Gasteiger partial charge in [-0.25, -0.2) is 0 Å². The Morgan fingerprint density at radius 2 is 1.83 bits per heavy atom. The molecule has 0 atom stereocenters. The maximum atomic E-state index is 5.21. The van der Waals surface area contributed by atoms with Crippen LogP contribution < -0.4 is 4.74 Å². The molecule has 0 saturated carbocycles. The van der Waals surface area contributed by atoms with E-state index in [0.717, 1.165) is 26.3 Å². The molecule has 3 rings (SSSR count). The number of hydrogen-bond donors (Lipinski definition) is 0. The van der Waals surface area contributed by atoms with Crippen LogP contribution in [-0.4, -0.2) is 17.9 Å². The Morgan fingerprint density at radius 1 is 1.09 bits per heavy atom. The molecule has 0 saturated heterocycles. The first-order valence-corrected chi connectivity index (χ1v) is 8.37. The van der Waals surface area contributed by atoms with Crippen molar-refractivity contribution in [2.24, 2.45) is 4.99 Å². The van der Waals surface area contributed by atoms with Crippen molar-refractivity contribution in [3.05, 3.63) is 75.6 Å². The van der Waals surface area contributed by atoms with Gasteiger partial charge in [-0.2, -0.15) is 0 Å². The molecule has 23 heavy (non-hydrogen) atoms. The van der Waals surface area contributed by atoms with E-state index in [0.29, 0.717) is 0 Å². The van der Waals surface area contributed by atoms with Crippen LogP contribution in [0.5, 0.6) is 5.75 Å². The highest BCUT2D eigenvalue weighted by atomic mass is 127. The number of ether oxygens (including phenoxy) is 1. The predicted octanol–water partition coefficient (Wildman–Crippen LogP) is 5.15. The zero-order chi connectivity index (χ0) is 16.2. The summed E-state index contributed by atoms with van der Waals surface area (Å²) >= 11 is 2.30. The zero-order valence-corrected chi connectivity index (χ0v) is 15.2. The second-order valence-corrected chi connectivity index (χ2v) is 6.35. The third-order valence-electron chi connectivity index (χ3n) is 3.59. The maximum absolute atomic E-state index is 5.21. The third kappa shape index (κ3) is 3.64. The highest BCUT2D eigenvalue weighted by Gasteiger charge is 2.04. The molecule has 3 aromatic rings. The normalized spacial score (nSPS) is 11.1.